The molecule has 0 saturated carbocycles. The van der Waals surface area contributed by atoms with Crippen LogP contribution in [0.15, 0.2) is 40.9 Å². The van der Waals surface area contributed by atoms with Crippen molar-refractivity contribution in [3.05, 3.63) is 57.0 Å². The molecule has 2 rings (SSSR count). The average molecular weight is 448 g/mol. The van der Waals surface area contributed by atoms with Crippen molar-refractivity contribution >= 4 is 27.5 Å². The Morgan fingerprint density at radius 1 is 1.08 bits per heavy atom. The van der Waals surface area contributed by atoms with E-state index in [9.17, 15) is 0 Å². The summed E-state index contributed by atoms with van der Waals surface area (Å²) in [7, 11) is 1.65. The van der Waals surface area contributed by atoms with E-state index in [-0.39, 0.29) is 17.9 Å². The lowest BCUT2D eigenvalue weighted by atomic mass is 10.1. The molecule has 0 radical (unpaired) electrons. The first kappa shape index (κ1) is 22.1. The van der Waals surface area contributed by atoms with E-state index in [0.717, 1.165) is 22.1 Å². The lowest BCUT2D eigenvalue weighted by molar-refractivity contribution is -0.00000600. The zero-order chi connectivity index (χ0) is 17.7. The fraction of sp³-hybridized carbons (Fsp3) is 0.368. The second-order valence-corrected chi connectivity index (χ2v) is 7.92. The molecule has 138 valence electrons. The first-order chi connectivity index (χ1) is 11.3. The number of ether oxygens (including phenoxy) is 2. The molecule has 0 aliphatic heterocycles. The second-order valence-electron chi connectivity index (χ2n) is 6.63. The number of hydrogen-bond donors (Lipinski definition) is 1. The van der Waals surface area contributed by atoms with Crippen LogP contribution in [0.1, 0.15) is 31.9 Å². The van der Waals surface area contributed by atoms with Crippen molar-refractivity contribution in [1.29, 1.82) is 0 Å². The maximum absolute atomic E-state index is 5.95. The summed E-state index contributed by atoms with van der Waals surface area (Å²) < 4.78 is 12.3. The maximum Gasteiger partial charge on any atom is 0.175 e. The van der Waals surface area contributed by atoms with Gasteiger partial charge in [-0.1, -0.05) is 23.7 Å². The van der Waals surface area contributed by atoms with Gasteiger partial charge in [-0.2, -0.15) is 0 Å². The van der Waals surface area contributed by atoms with E-state index in [1.54, 1.807) is 7.11 Å². The highest BCUT2D eigenvalue weighted by Gasteiger charge is 2.14. The SMILES string of the molecule is COc1cc(CNC(C)(C)C)cc(Br)c1OCc1ccc(Cl)cc1.[Cl-]. The highest BCUT2D eigenvalue weighted by atomic mass is 79.9. The van der Waals surface area contributed by atoms with Crippen LogP contribution in [0.2, 0.25) is 5.02 Å². The fourth-order valence-corrected chi connectivity index (χ4v) is 2.85. The number of methoxy groups -OCH3 is 1. The maximum atomic E-state index is 5.95. The predicted octanol–water partition coefficient (Wildman–Crippen LogP) is 2.58. The number of benzene rings is 2. The molecule has 25 heavy (non-hydrogen) atoms. The summed E-state index contributed by atoms with van der Waals surface area (Å²) in [6.07, 6.45) is 0. The van der Waals surface area contributed by atoms with Crippen molar-refractivity contribution in [1.82, 2.24) is 5.32 Å². The van der Waals surface area contributed by atoms with Crippen LogP contribution in [-0.2, 0) is 13.2 Å². The average Bonchev–Trinajstić information content (AvgIpc) is 2.52. The van der Waals surface area contributed by atoms with Crippen molar-refractivity contribution < 1.29 is 21.9 Å². The summed E-state index contributed by atoms with van der Waals surface area (Å²) in [6.45, 7) is 7.64. The first-order valence-corrected chi connectivity index (χ1v) is 8.94. The molecule has 0 aliphatic rings. The van der Waals surface area contributed by atoms with Gasteiger partial charge in [0.1, 0.15) is 6.61 Å². The number of rotatable bonds is 6. The first-order valence-electron chi connectivity index (χ1n) is 7.77. The second kappa shape index (κ2) is 9.67. The minimum absolute atomic E-state index is 0. The Kier molecular flexibility index (Phi) is 8.55. The molecule has 1 N–H and O–H groups in total. The Morgan fingerprint density at radius 2 is 1.72 bits per heavy atom. The van der Waals surface area contributed by atoms with Crippen LogP contribution in [0.3, 0.4) is 0 Å². The smallest absolute Gasteiger partial charge is 0.175 e. The van der Waals surface area contributed by atoms with Gasteiger partial charge in [0, 0.05) is 17.1 Å². The van der Waals surface area contributed by atoms with Gasteiger partial charge in [0.25, 0.3) is 0 Å². The molecule has 2 aromatic carbocycles. The summed E-state index contributed by atoms with van der Waals surface area (Å²) in [5, 5.41) is 4.19. The molecular weight excluding hydrogens is 425 g/mol. The summed E-state index contributed by atoms with van der Waals surface area (Å²) in [6, 6.07) is 11.7. The van der Waals surface area contributed by atoms with Gasteiger partial charge in [-0.15, -0.1) is 0 Å². The van der Waals surface area contributed by atoms with E-state index in [4.69, 9.17) is 21.1 Å². The summed E-state index contributed by atoms with van der Waals surface area (Å²) >= 11 is 9.50. The van der Waals surface area contributed by atoms with Gasteiger partial charge in [0.2, 0.25) is 0 Å². The van der Waals surface area contributed by atoms with E-state index in [1.807, 2.05) is 30.3 Å². The molecule has 0 atom stereocenters. The van der Waals surface area contributed by atoms with Gasteiger partial charge in [-0.25, -0.2) is 0 Å². The van der Waals surface area contributed by atoms with Crippen molar-refractivity contribution in [3.8, 4) is 11.5 Å². The van der Waals surface area contributed by atoms with Crippen LogP contribution in [0.4, 0.5) is 0 Å². The molecule has 0 bridgehead atoms. The highest BCUT2D eigenvalue weighted by Crippen LogP contribution is 2.37. The van der Waals surface area contributed by atoms with Crippen LogP contribution < -0.4 is 27.2 Å². The van der Waals surface area contributed by atoms with Crippen LogP contribution in [0.25, 0.3) is 0 Å². The van der Waals surface area contributed by atoms with Crippen molar-refractivity contribution in [2.24, 2.45) is 0 Å². The minimum Gasteiger partial charge on any atom is -1.00 e. The third-order valence-corrected chi connectivity index (χ3v) is 4.25. The normalized spacial score (nSPS) is 11.0. The summed E-state index contributed by atoms with van der Waals surface area (Å²) in [4.78, 5) is 0. The molecule has 0 spiro atoms. The Hall–Kier alpha value is -0.940. The van der Waals surface area contributed by atoms with Crippen molar-refractivity contribution in [2.75, 3.05) is 7.11 Å². The van der Waals surface area contributed by atoms with E-state index >= 15 is 0 Å². The van der Waals surface area contributed by atoms with E-state index in [0.29, 0.717) is 23.1 Å². The van der Waals surface area contributed by atoms with E-state index in [2.05, 4.69) is 48.1 Å². The van der Waals surface area contributed by atoms with E-state index in [1.165, 1.54) is 0 Å². The Labute approximate surface area is 169 Å². The Bertz CT molecular complexity index is 685. The Morgan fingerprint density at radius 3 is 2.28 bits per heavy atom. The van der Waals surface area contributed by atoms with Crippen LogP contribution in [0.5, 0.6) is 11.5 Å². The molecule has 0 fully saturated rings. The lowest BCUT2D eigenvalue weighted by Gasteiger charge is -2.21. The summed E-state index contributed by atoms with van der Waals surface area (Å²) in [5.74, 6) is 1.41. The quantitative estimate of drug-likeness (QED) is 0.738. The molecule has 0 unspecified atom stereocenters. The van der Waals surface area contributed by atoms with Gasteiger partial charge in [0.05, 0.1) is 11.6 Å². The number of halogens is 3. The molecule has 2 aromatic rings. The van der Waals surface area contributed by atoms with Gasteiger partial charge in [0.15, 0.2) is 11.5 Å². The molecule has 0 aliphatic carbocycles. The van der Waals surface area contributed by atoms with Crippen molar-refractivity contribution in [2.45, 2.75) is 39.5 Å². The molecule has 0 amide bonds. The molecule has 0 aromatic heterocycles. The number of hydrogen-bond acceptors (Lipinski definition) is 3. The molecule has 3 nitrogen and oxygen atoms in total. The zero-order valence-electron chi connectivity index (χ0n) is 14.8. The molecule has 6 heteroatoms. The molecule has 0 saturated heterocycles. The Balaban J connectivity index is 0.00000312. The summed E-state index contributed by atoms with van der Waals surface area (Å²) in [5.41, 5.74) is 2.24. The largest absolute Gasteiger partial charge is 1.00 e. The fourth-order valence-electron chi connectivity index (χ4n) is 2.12. The molecular formula is C19H23BrCl2NO2-. The number of nitrogens with one attached hydrogen (secondary N) is 1. The highest BCUT2D eigenvalue weighted by molar-refractivity contribution is 9.10. The van der Waals surface area contributed by atoms with Crippen LogP contribution in [0, 0.1) is 0 Å². The zero-order valence-corrected chi connectivity index (χ0v) is 17.9. The van der Waals surface area contributed by atoms with Crippen molar-refractivity contribution in [3.63, 3.8) is 0 Å². The monoisotopic (exact) mass is 446 g/mol. The molecule has 0 heterocycles. The van der Waals surface area contributed by atoms with Gasteiger partial charge in [-0.05, 0) is 72.1 Å². The van der Waals surface area contributed by atoms with Crippen LogP contribution in [-0.4, -0.2) is 12.6 Å². The standard InChI is InChI=1S/C19H23BrClNO2.ClH/c1-19(2,3)22-11-14-9-16(20)18(17(10-14)23-4)24-12-13-5-7-15(21)8-6-13;/h5-10,22H,11-12H2,1-4H3;1H/p-1. The topological polar surface area (TPSA) is 30.5 Å². The van der Waals surface area contributed by atoms with Gasteiger partial charge < -0.3 is 27.2 Å². The van der Waals surface area contributed by atoms with Crippen LogP contribution >= 0.6 is 27.5 Å². The van der Waals surface area contributed by atoms with Gasteiger partial charge >= 0.3 is 0 Å². The predicted molar refractivity (Wildman–Crippen MR) is 103 cm³/mol. The minimum atomic E-state index is 0. The third-order valence-electron chi connectivity index (χ3n) is 3.41. The van der Waals surface area contributed by atoms with E-state index < -0.39 is 0 Å². The van der Waals surface area contributed by atoms with Gasteiger partial charge in [-0.3, -0.25) is 0 Å². The lowest BCUT2D eigenvalue weighted by Crippen LogP contribution is -3.00. The third kappa shape index (κ3) is 7.06.